The third-order valence-electron chi connectivity index (χ3n) is 3.51. The van der Waals surface area contributed by atoms with Gasteiger partial charge in [-0.25, -0.2) is 15.2 Å². The molecule has 0 saturated heterocycles. The Hall–Kier alpha value is -4.55. The second-order valence-corrected chi connectivity index (χ2v) is 5.56. The van der Waals surface area contributed by atoms with Crippen LogP contribution in [0.2, 0.25) is 0 Å². The number of aromatic nitrogens is 2. The molecular formula is C18H19N7O6. The Morgan fingerprint density at radius 1 is 1.29 bits per heavy atom. The van der Waals surface area contributed by atoms with Crippen LogP contribution in [0.5, 0.6) is 5.75 Å². The molecule has 0 saturated carbocycles. The van der Waals surface area contributed by atoms with E-state index in [1.165, 1.54) is 20.2 Å². The second kappa shape index (κ2) is 10.8. The lowest BCUT2D eigenvalue weighted by Crippen LogP contribution is -2.22. The number of aliphatic hydroxyl groups is 1. The maximum atomic E-state index is 12.4. The normalized spacial score (nSPS) is 11.9. The fourth-order valence-electron chi connectivity index (χ4n) is 2.05. The number of hydrazone groups is 1. The summed E-state index contributed by atoms with van der Waals surface area (Å²) in [5, 5.41) is 20.9. The summed E-state index contributed by atoms with van der Waals surface area (Å²) in [6, 6.07) is 6.75. The van der Waals surface area contributed by atoms with E-state index in [2.05, 4.69) is 35.5 Å². The average molecular weight is 429 g/mol. The number of primary amides is 1. The van der Waals surface area contributed by atoms with Crippen molar-refractivity contribution >= 4 is 29.8 Å². The van der Waals surface area contributed by atoms with E-state index >= 15 is 0 Å². The number of aliphatic hydroxyl groups excluding tert-OH is 1. The number of aromatic amines is 1. The number of nitrogens with zero attached hydrogens (tertiary/aromatic N) is 4. The molecule has 0 radical (unpaired) electrons. The van der Waals surface area contributed by atoms with Gasteiger partial charge in [-0.1, -0.05) is 0 Å². The highest BCUT2D eigenvalue weighted by Gasteiger charge is 2.22. The predicted octanol–water partition coefficient (Wildman–Crippen LogP) is 1.08. The number of amides is 2. The Morgan fingerprint density at radius 3 is 2.61 bits per heavy atom. The largest absolute Gasteiger partial charge is 0.500 e. The fraction of sp³-hybridized carbons (Fsp3) is 0.167. The molecule has 0 fully saturated rings. The molecule has 1 aromatic heterocycles. The van der Waals surface area contributed by atoms with Gasteiger partial charge in [-0.15, -0.1) is 10.2 Å². The van der Waals surface area contributed by atoms with Crippen molar-refractivity contribution in [2.45, 2.75) is 6.92 Å². The molecule has 13 nitrogen and oxygen atoms in total. The molecule has 1 aromatic carbocycles. The third kappa shape index (κ3) is 6.22. The summed E-state index contributed by atoms with van der Waals surface area (Å²) in [4.78, 5) is 41.7. The van der Waals surface area contributed by atoms with Crippen molar-refractivity contribution in [1.29, 1.82) is 0 Å². The van der Waals surface area contributed by atoms with Gasteiger partial charge in [0.05, 0.1) is 26.3 Å². The van der Waals surface area contributed by atoms with Gasteiger partial charge in [0.15, 0.2) is 5.69 Å². The Morgan fingerprint density at radius 2 is 2.00 bits per heavy atom. The highest BCUT2D eigenvalue weighted by atomic mass is 16.5. The van der Waals surface area contributed by atoms with Crippen LogP contribution in [0.1, 0.15) is 23.0 Å². The number of imidazole rings is 1. The van der Waals surface area contributed by atoms with E-state index < -0.39 is 29.2 Å². The van der Waals surface area contributed by atoms with E-state index in [0.717, 1.165) is 6.33 Å². The zero-order valence-corrected chi connectivity index (χ0v) is 16.5. The highest BCUT2D eigenvalue weighted by Crippen LogP contribution is 2.16. The van der Waals surface area contributed by atoms with E-state index in [9.17, 15) is 19.5 Å². The maximum Gasteiger partial charge on any atom is 0.376 e. The summed E-state index contributed by atoms with van der Waals surface area (Å²) in [5.41, 5.74) is 6.89. The molecule has 13 heteroatoms. The Labute approximate surface area is 175 Å². The quantitative estimate of drug-likeness (QED) is 0.114. The lowest BCUT2D eigenvalue weighted by molar-refractivity contribution is -0.142. The number of hydrogen-bond acceptors (Lipinski definition) is 10. The summed E-state index contributed by atoms with van der Waals surface area (Å²) in [6.07, 6.45) is 2.44. The van der Waals surface area contributed by atoms with Gasteiger partial charge in [0.2, 0.25) is 17.3 Å². The standard InChI is InChI=1S/C18H19N7O6/c1-3-31-18(29)14(26)12(23-24-16-13(15(19)27)20-9-21-16)17(28)25-22-8-10-4-6-11(30-2)7-5-10/h4-9,26H,3H2,1-2H3,(H2,19,27)(H,20,21)(H,25,28)/b14-12-,22-8+,24-23?. The smallest absolute Gasteiger partial charge is 0.376 e. The van der Waals surface area contributed by atoms with Crippen LogP contribution in [-0.4, -0.2) is 52.8 Å². The van der Waals surface area contributed by atoms with E-state index in [0.29, 0.717) is 11.3 Å². The van der Waals surface area contributed by atoms with Crippen molar-refractivity contribution < 1.29 is 29.0 Å². The number of benzene rings is 1. The van der Waals surface area contributed by atoms with Crippen molar-refractivity contribution in [3.8, 4) is 5.75 Å². The average Bonchev–Trinajstić information content (AvgIpc) is 3.23. The first-order valence-corrected chi connectivity index (χ1v) is 8.70. The number of carbonyl (C=O) groups is 3. The van der Waals surface area contributed by atoms with Crippen molar-refractivity contribution in [2.24, 2.45) is 21.1 Å². The molecule has 162 valence electrons. The minimum atomic E-state index is -1.21. The lowest BCUT2D eigenvalue weighted by Gasteiger charge is -2.04. The maximum absolute atomic E-state index is 12.4. The van der Waals surface area contributed by atoms with Crippen LogP contribution >= 0.6 is 0 Å². The molecule has 1 heterocycles. The first-order chi connectivity index (χ1) is 14.9. The summed E-state index contributed by atoms with van der Waals surface area (Å²) in [6.45, 7) is 1.45. The molecule has 0 aliphatic rings. The minimum absolute atomic E-state index is 0.0598. The number of H-pyrrole nitrogens is 1. The molecule has 0 aliphatic heterocycles. The number of esters is 1. The van der Waals surface area contributed by atoms with Crippen LogP contribution in [0.25, 0.3) is 0 Å². The first kappa shape index (κ1) is 22.7. The summed E-state index contributed by atoms with van der Waals surface area (Å²) < 4.78 is 9.70. The zero-order chi connectivity index (χ0) is 22.8. The van der Waals surface area contributed by atoms with Crippen molar-refractivity contribution in [3.63, 3.8) is 0 Å². The number of carbonyl (C=O) groups excluding carboxylic acids is 3. The molecule has 0 atom stereocenters. The highest BCUT2D eigenvalue weighted by molar-refractivity contribution is 6.01. The van der Waals surface area contributed by atoms with Crippen LogP contribution in [0, 0.1) is 0 Å². The van der Waals surface area contributed by atoms with Gasteiger partial charge in [-0.3, -0.25) is 9.59 Å². The number of methoxy groups -OCH3 is 1. The molecule has 2 aromatic rings. The molecule has 0 bridgehead atoms. The van der Waals surface area contributed by atoms with Gasteiger partial charge < -0.3 is 25.3 Å². The van der Waals surface area contributed by atoms with Crippen LogP contribution in [0.4, 0.5) is 5.82 Å². The second-order valence-electron chi connectivity index (χ2n) is 5.56. The molecule has 0 spiro atoms. The Bertz CT molecular complexity index is 1040. The number of nitrogens with two attached hydrogens (primary N) is 1. The lowest BCUT2D eigenvalue weighted by atomic mass is 10.2. The van der Waals surface area contributed by atoms with Crippen molar-refractivity contribution in [1.82, 2.24) is 15.4 Å². The monoisotopic (exact) mass is 429 g/mol. The Balaban J connectivity index is 2.25. The summed E-state index contributed by atoms with van der Waals surface area (Å²) in [7, 11) is 1.52. The van der Waals surface area contributed by atoms with E-state index in [1.807, 2.05) is 0 Å². The van der Waals surface area contributed by atoms with E-state index in [1.54, 1.807) is 24.3 Å². The Kier molecular flexibility index (Phi) is 7.96. The molecule has 31 heavy (non-hydrogen) atoms. The van der Waals surface area contributed by atoms with Crippen molar-refractivity contribution in [3.05, 3.63) is 53.3 Å². The molecule has 5 N–H and O–H groups in total. The van der Waals surface area contributed by atoms with Crippen LogP contribution in [0.3, 0.4) is 0 Å². The topological polar surface area (TPSA) is 194 Å². The number of rotatable bonds is 9. The SMILES string of the molecule is CCOC(=O)/C(O)=C(/N=Nc1nc[nH]c1C(N)=O)C(=O)N/N=C/c1ccc(OC)cc1. The van der Waals surface area contributed by atoms with Gasteiger partial charge in [-0.05, 0) is 36.8 Å². The number of azo groups is 1. The molecule has 2 amide bonds. The van der Waals surface area contributed by atoms with E-state index in [-0.39, 0.29) is 18.1 Å². The number of ether oxygens (including phenoxy) is 2. The first-order valence-electron chi connectivity index (χ1n) is 8.70. The van der Waals surface area contributed by atoms with Crippen LogP contribution in [0.15, 0.2) is 57.4 Å². The van der Waals surface area contributed by atoms with Gasteiger partial charge in [0.25, 0.3) is 11.8 Å². The van der Waals surface area contributed by atoms with Gasteiger partial charge >= 0.3 is 5.97 Å². The van der Waals surface area contributed by atoms with Crippen LogP contribution < -0.4 is 15.9 Å². The summed E-state index contributed by atoms with van der Waals surface area (Å²) in [5.74, 6) is -3.88. The van der Waals surface area contributed by atoms with Gasteiger partial charge in [0.1, 0.15) is 5.75 Å². The zero-order valence-electron chi connectivity index (χ0n) is 16.5. The fourth-order valence-corrected chi connectivity index (χ4v) is 2.05. The predicted molar refractivity (Wildman–Crippen MR) is 107 cm³/mol. The molecule has 0 unspecified atom stereocenters. The van der Waals surface area contributed by atoms with Gasteiger partial charge in [0, 0.05) is 0 Å². The molecule has 2 rings (SSSR count). The van der Waals surface area contributed by atoms with E-state index in [4.69, 9.17) is 10.5 Å². The van der Waals surface area contributed by atoms with Gasteiger partial charge in [-0.2, -0.15) is 5.10 Å². The number of hydrogen-bond donors (Lipinski definition) is 4. The van der Waals surface area contributed by atoms with Crippen LogP contribution in [-0.2, 0) is 14.3 Å². The molecular weight excluding hydrogens is 410 g/mol. The number of nitrogens with one attached hydrogen (secondary N) is 2. The van der Waals surface area contributed by atoms with Crippen molar-refractivity contribution in [2.75, 3.05) is 13.7 Å². The molecule has 0 aliphatic carbocycles. The minimum Gasteiger partial charge on any atom is -0.500 e. The third-order valence-corrected chi connectivity index (χ3v) is 3.51. The summed E-state index contributed by atoms with van der Waals surface area (Å²) >= 11 is 0.